The predicted molar refractivity (Wildman–Crippen MR) is 106 cm³/mol. The maximum atomic E-state index is 5.45. The molecule has 2 heterocycles. The molecule has 0 saturated heterocycles. The minimum Gasteiger partial charge on any atom is -0.469 e. The fourth-order valence-electron chi connectivity index (χ4n) is 3.20. The molecule has 0 aliphatic carbocycles. The van der Waals surface area contributed by atoms with E-state index in [2.05, 4.69) is 71.1 Å². The monoisotopic (exact) mass is 363 g/mol. The van der Waals surface area contributed by atoms with Crippen molar-refractivity contribution in [2.75, 3.05) is 0 Å². The number of nitrogens with zero attached hydrogens (tertiary/aromatic N) is 3. The molecule has 132 valence electrons. The maximum Gasteiger partial charge on any atom is 0.192 e. The van der Waals surface area contributed by atoms with Crippen molar-refractivity contribution in [1.29, 1.82) is 0 Å². The van der Waals surface area contributed by atoms with Gasteiger partial charge in [-0.15, -0.1) is 10.2 Å². The molecule has 2 aromatic carbocycles. The van der Waals surface area contributed by atoms with Gasteiger partial charge < -0.3 is 4.42 Å². The van der Waals surface area contributed by atoms with Crippen molar-refractivity contribution >= 4 is 22.5 Å². The summed E-state index contributed by atoms with van der Waals surface area (Å²) >= 11 is 1.73. The first-order valence-corrected chi connectivity index (χ1v) is 9.72. The summed E-state index contributed by atoms with van der Waals surface area (Å²) in [6, 6.07) is 17.2. The quantitative estimate of drug-likeness (QED) is 0.416. The van der Waals surface area contributed by atoms with Gasteiger partial charge in [0.2, 0.25) is 0 Å². The van der Waals surface area contributed by atoms with E-state index < -0.39 is 0 Å². The lowest BCUT2D eigenvalue weighted by Crippen LogP contribution is -2.05. The summed E-state index contributed by atoms with van der Waals surface area (Å²) in [6.45, 7) is 6.27. The Labute approximate surface area is 157 Å². The van der Waals surface area contributed by atoms with Gasteiger partial charge in [-0.2, -0.15) is 0 Å². The molecule has 0 aliphatic heterocycles. The predicted octanol–water partition coefficient (Wildman–Crippen LogP) is 5.87. The summed E-state index contributed by atoms with van der Waals surface area (Å²) in [7, 11) is 0. The number of rotatable bonds is 5. The second-order valence-corrected chi connectivity index (χ2v) is 7.53. The fourth-order valence-corrected chi connectivity index (χ4v) is 4.27. The molecule has 0 saturated carbocycles. The highest BCUT2D eigenvalue weighted by atomic mass is 32.2. The Hall–Kier alpha value is -2.53. The highest BCUT2D eigenvalue weighted by Crippen LogP contribution is 2.32. The molecule has 2 aromatic heterocycles. The topological polar surface area (TPSA) is 43.9 Å². The fraction of sp³-hybridized carbons (Fsp3) is 0.238. The molecule has 0 amide bonds. The Morgan fingerprint density at radius 1 is 1.04 bits per heavy atom. The van der Waals surface area contributed by atoms with Crippen LogP contribution < -0.4 is 0 Å². The van der Waals surface area contributed by atoms with Gasteiger partial charge in [-0.1, -0.05) is 54.2 Å². The van der Waals surface area contributed by atoms with E-state index >= 15 is 0 Å². The molecule has 0 atom stereocenters. The van der Waals surface area contributed by atoms with Gasteiger partial charge in [0.1, 0.15) is 5.76 Å². The van der Waals surface area contributed by atoms with Crippen LogP contribution in [0.5, 0.6) is 0 Å². The van der Waals surface area contributed by atoms with E-state index in [1.165, 1.54) is 16.3 Å². The summed E-state index contributed by atoms with van der Waals surface area (Å²) in [5, 5.41) is 12.4. The third-order valence-electron chi connectivity index (χ3n) is 4.52. The lowest BCUT2D eigenvalue weighted by molar-refractivity contribution is 0.531. The van der Waals surface area contributed by atoms with Crippen LogP contribution in [0.25, 0.3) is 22.2 Å². The first kappa shape index (κ1) is 16.9. The van der Waals surface area contributed by atoms with Crippen LogP contribution in [0.15, 0.2) is 64.4 Å². The van der Waals surface area contributed by atoms with Crippen molar-refractivity contribution in [3.63, 3.8) is 0 Å². The van der Waals surface area contributed by atoms with Gasteiger partial charge in [-0.3, -0.25) is 4.57 Å². The Balaban J connectivity index is 1.67. The van der Waals surface area contributed by atoms with Gasteiger partial charge in [0.25, 0.3) is 0 Å². The molecule has 0 aliphatic rings. The van der Waals surface area contributed by atoms with Crippen LogP contribution in [0.1, 0.15) is 31.2 Å². The third kappa shape index (κ3) is 3.03. The molecule has 0 unspecified atom stereocenters. The molecule has 0 radical (unpaired) electrons. The van der Waals surface area contributed by atoms with E-state index in [0.717, 1.165) is 28.1 Å². The standard InChI is InChI=1S/C21H21N3OS/c1-14(2)24-20(18-11-12-25-15(18)3)22-23-21(24)26-13-17-9-6-8-16-7-4-5-10-19(16)17/h4-12,14H,13H2,1-3H3. The molecule has 4 aromatic rings. The lowest BCUT2D eigenvalue weighted by atomic mass is 10.1. The van der Waals surface area contributed by atoms with E-state index in [1.807, 2.05) is 13.0 Å². The number of aromatic nitrogens is 3. The number of hydrogen-bond donors (Lipinski definition) is 0. The summed E-state index contributed by atoms with van der Waals surface area (Å²) in [5.74, 6) is 2.59. The zero-order valence-corrected chi connectivity index (χ0v) is 16.0. The minimum atomic E-state index is 0.268. The molecule has 26 heavy (non-hydrogen) atoms. The van der Waals surface area contributed by atoms with Crippen LogP contribution in [-0.4, -0.2) is 14.8 Å². The first-order valence-electron chi connectivity index (χ1n) is 8.74. The molecule has 0 fully saturated rings. The van der Waals surface area contributed by atoms with Crippen molar-refractivity contribution in [2.24, 2.45) is 0 Å². The number of aryl methyl sites for hydroxylation is 1. The van der Waals surface area contributed by atoms with Gasteiger partial charge in [0.05, 0.1) is 11.8 Å². The van der Waals surface area contributed by atoms with E-state index in [-0.39, 0.29) is 6.04 Å². The van der Waals surface area contributed by atoms with Crippen molar-refractivity contribution in [1.82, 2.24) is 14.8 Å². The Morgan fingerprint density at radius 2 is 1.85 bits per heavy atom. The van der Waals surface area contributed by atoms with Gasteiger partial charge in [0, 0.05) is 11.8 Å². The smallest absolute Gasteiger partial charge is 0.192 e. The molecule has 5 heteroatoms. The second-order valence-electron chi connectivity index (χ2n) is 6.59. The van der Waals surface area contributed by atoms with Crippen LogP contribution in [0.4, 0.5) is 0 Å². The van der Waals surface area contributed by atoms with Gasteiger partial charge in [0.15, 0.2) is 11.0 Å². The summed E-state index contributed by atoms with van der Waals surface area (Å²) < 4.78 is 7.64. The number of hydrogen-bond acceptors (Lipinski definition) is 4. The highest BCUT2D eigenvalue weighted by Gasteiger charge is 2.19. The van der Waals surface area contributed by atoms with E-state index in [1.54, 1.807) is 18.0 Å². The van der Waals surface area contributed by atoms with Crippen LogP contribution in [-0.2, 0) is 5.75 Å². The average molecular weight is 363 g/mol. The Kier molecular flexibility index (Phi) is 4.55. The van der Waals surface area contributed by atoms with Crippen molar-refractivity contribution in [3.05, 3.63) is 66.1 Å². The van der Waals surface area contributed by atoms with Crippen molar-refractivity contribution in [2.45, 2.75) is 37.7 Å². The van der Waals surface area contributed by atoms with Crippen LogP contribution in [0, 0.1) is 6.92 Å². The molecule has 0 bridgehead atoms. The molecule has 0 spiro atoms. The zero-order chi connectivity index (χ0) is 18.1. The molecular weight excluding hydrogens is 342 g/mol. The zero-order valence-electron chi connectivity index (χ0n) is 15.1. The molecule has 4 rings (SSSR count). The summed E-state index contributed by atoms with van der Waals surface area (Å²) in [6.07, 6.45) is 1.70. The maximum absolute atomic E-state index is 5.45. The van der Waals surface area contributed by atoms with Gasteiger partial charge in [-0.05, 0) is 43.2 Å². The number of furan rings is 1. The third-order valence-corrected chi connectivity index (χ3v) is 5.51. The normalized spacial score (nSPS) is 11.5. The van der Waals surface area contributed by atoms with Gasteiger partial charge in [-0.25, -0.2) is 0 Å². The van der Waals surface area contributed by atoms with Crippen LogP contribution in [0.2, 0.25) is 0 Å². The summed E-state index contributed by atoms with van der Waals surface area (Å²) in [4.78, 5) is 0. The molecule has 4 nitrogen and oxygen atoms in total. The molecular formula is C21H21N3OS. The Morgan fingerprint density at radius 3 is 2.62 bits per heavy atom. The van der Waals surface area contributed by atoms with E-state index in [9.17, 15) is 0 Å². The van der Waals surface area contributed by atoms with Crippen molar-refractivity contribution < 1.29 is 4.42 Å². The summed E-state index contributed by atoms with van der Waals surface area (Å²) in [5.41, 5.74) is 2.32. The van der Waals surface area contributed by atoms with Gasteiger partial charge >= 0.3 is 0 Å². The number of thioether (sulfide) groups is 1. The van der Waals surface area contributed by atoms with Crippen LogP contribution in [0.3, 0.4) is 0 Å². The lowest BCUT2D eigenvalue weighted by Gasteiger charge is -2.13. The number of fused-ring (bicyclic) bond motifs is 1. The van der Waals surface area contributed by atoms with Crippen molar-refractivity contribution in [3.8, 4) is 11.4 Å². The van der Waals surface area contributed by atoms with E-state index in [0.29, 0.717) is 0 Å². The largest absolute Gasteiger partial charge is 0.469 e. The highest BCUT2D eigenvalue weighted by molar-refractivity contribution is 7.98. The van der Waals surface area contributed by atoms with E-state index in [4.69, 9.17) is 4.42 Å². The number of benzene rings is 2. The SMILES string of the molecule is Cc1occc1-c1nnc(SCc2cccc3ccccc23)n1C(C)C. The Bertz CT molecular complexity index is 1040. The first-order chi connectivity index (χ1) is 12.6. The second kappa shape index (κ2) is 7.00. The molecule has 0 N–H and O–H groups in total. The average Bonchev–Trinajstić information content (AvgIpc) is 3.25. The van der Waals surface area contributed by atoms with Crippen LogP contribution >= 0.6 is 11.8 Å². The minimum absolute atomic E-state index is 0.268.